The van der Waals surface area contributed by atoms with E-state index in [2.05, 4.69) is 6.07 Å². The molecule has 1 aliphatic heterocycles. The molecule has 0 saturated carbocycles. The summed E-state index contributed by atoms with van der Waals surface area (Å²) in [5.41, 5.74) is 0.677. The molecular formula is C14H11NO2. The molecule has 2 aromatic rings. The normalized spacial score (nSPS) is 17.7. The van der Waals surface area contributed by atoms with Crippen LogP contribution in [0.4, 0.5) is 0 Å². The van der Waals surface area contributed by atoms with Crippen molar-refractivity contribution in [1.29, 1.82) is 5.26 Å². The van der Waals surface area contributed by atoms with Crippen LogP contribution in [0.3, 0.4) is 0 Å². The van der Waals surface area contributed by atoms with Crippen LogP contribution in [0.5, 0.6) is 5.75 Å². The first-order valence-electron chi connectivity index (χ1n) is 5.55. The molecule has 84 valence electrons. The zero-order valence-electron chi connectivity index (χ0n) is 9.22. The van der Waals surface area contributed by atoms with Gasteiger partial charge in [0.1, 0.15) is 18.5 Å². The Hall–Kier alpha value is -2.05. The molecule has 1 heterocycles. The molecule has 0 aromatic heterocycles. The lowest BCUT2D eigenvalue weighted by Gasteiger charge is -2.08. The van der Waals surface area contributed by atoms with E-state index in [1.54, 1.807) is 6.07 Å². The van der Waals surface area contributed by atoms with E-state index in [1.807, 2.05) is 30.3 Å². The second-order valence-corrected chi connectivity index (χ2v) is 4.03. The number of rotatable bonds is 3. The van der Waals surface area contributed by atoms with Crippen molar-refractivity contribution in [2.75, 3.05) is 13.2 Å². The Morgan fingerprint density at radius 2 is 2.00 bits per heavy atom. The molecule has 0 amide bonds. The molecule has 1 unspecified atom stereocenters. The van der Waals surface area contributed by atoms with Crippen LogP contribution in [-0.2, 0) is 4.74 Å². The average molecular weight is 225 g/mol. The summed E-state index contributed by atoms with van der Waals surface area (Å²) in [5.74, 6) is 0.815. The van der Waals surface area contributed by atoms with Crippen LogP contribution in [0.25, 0.3) is 10.8 Å². The van der Waals surface area contributed by atoms with Gasteiger partial charge < -0.3 is 9.47 Å². The van der Waals surface area contributed by atoms with Crippen molar-refractivity contribution in [1.82, 2.24) is 0 Å². The number of nitriles is 1. The molecule has 0 aliphatic carbocycles. The van der Waals surface area contributed by atoms with E-state index in [0.29, 0.717) is 12.2 Å². The molecule has 1 atom stereocenters. The van der Waals surface area contributed by atoms with E-state index in [1.165, 1.54) is 0 Å². The highest BCUT2D eigenvalue weighted by Crippen LogP contribution is 2.28. The van der Waals surface area contributed by atoms with Crippen molar-refractivity contribution >= 4 is 10.8 Å². The summed E-state index contributed by atoms with van der Waals surface area (Å²) in [6, 6.07) is 13.6. The lowest BCUT2D eigenvalue weighted by atomic mass is 10.0. The molecule has 0 spiro atoms. The minimum atomic E-state index is 0.240. The second kappa shape index (κ2) is 4.08. The van der Waals surface area contributed by atoms with Crippen molar-refractivity contribution in [2.45, 2.75) is 6.10 Å². The SMILES string of the molecule is N#Cc1ccc(OCC2CO2)c2ccccc12. The van der Waals surface area contributed by atoms with Crippen LogP contribution in [0, 0.1) is 11.3 Å². The van der Waals surface area contributed by atoms with Gasteiger partial charge in [0, 0.05) is 10.8 Å². The average Bonchev–Trinajstić information content (AvgIpc) is 3.20. The summed E-state index contributed by atoms with van der Waals surface area (Å²) >= 11 is 0. The maximum Gasteiger partial charge on any atom is 0.127 e. The Kier molecular flexibility index (Phi) is 2.43. The van der Waals surface area contributed by atoms with Crippen molar-refractivity contribution in [3.63, 3.8) is 0 Å². The highest BCUT2D eigenvalue weighted by molar-refractivity contribution is 5.92. The third kappa shape index (κ3) is 1.95. The van der Waals surface area contributed by atoms with Gasteiger partial charge in [-0.3, -0.25) is 0 Å². The van der Waals surface area contributed by atoms with E-state index in [-0.39, 0.29) is 6.10 Å². The van der Waals surface area contributed by atoms with E-state index in [9.17, 15) is 0 Å². The molecular weight excluding hydrogens is 214 g/mol. The number of benzene rings is 2. The van der Waals surface area contributed by atoms with Crippen LogP contribution < -0.4 is 4.74 Å². The predicted octanol–water partition coefficient (Wildman–Crippen LogP) is 2.49. The smallest absolute Gasteiger partial charge is 0.127 e. The number of hydrogen-bond acceptors (Lipinski definition) is 3. The van der Waals surface area contributed by atoms with Crippen molar-refractivity contribution in [2.24, 2.45) is 0 Å². The summed E-state index contributed by atoms with van der Waals surface area (Å²) in [6.07, 6.45) is 0.240. The molecule has 1 fully saturated rings. The fraction of sp³-hybridized carbons (Fsp3) is 0.214. The van der Waals surface area contributed by atoms with E-state index >= 15 is 0 Å². The molecule has 0 radical (unpaired) electrons. The first-order chi connectivity index (χ1) is 8.38. The fourth-order valence-electron chi connectivity index (χ4n) is 1.84. The highest BCUT2D eigenvalue weighted by atomic mass is 16.6. The largest absolute Gasteiger partial charge is 0.490 e. The quantitative estimate of drug-likeness (QED) is 0.754. The van der Waals surface area contributed by atoms with Gasteiger partial charge in [0.05, 0.1) is 18.2 Å². The molecule has 17 heavy (non-hydrogen) atoms. The second-order valence-electron chi connectivity index (χ2n) is 4.03. The first kappa shape index (κ1) is 10.1. The summed E-state index contributed by atoms with van der Waals surface area (Å²) < 4.78 is 10.8. The van der Waals surface area contributed by atoms with Gasteiger partial charge in [0.2, 0.25) is 0 Å². The number of epoxide rings is 1. The van der Waals surface area contributed by atoms with Crippen LogP contribution >= 0.6 is 0 Å². The van der Waals surface area contributed by atoms with Crippen molar-refractivity contribution in [3.05, 3.63) is 42.0 Å². The minimum Gasteiger partial charge on any atom is -0.490 e. The van der Waals surface area contributed by atoms with Crippen molar-refractivity contribution < 1.29 is 9.47 Å². The Bertz CT molecular complexity index is 597. The fourth-order valence-corrected chi connectivity index (χ4v) is 1.84. The molecule has 3 rings (SSSR count). The number of fused-ring (bicyclic) bond motifs is 1. The molecule has 0 N–H and O–H groups in total. The Balaban J connectivity index is 2.03. The van der Waals surface area contributed by atoms with Gasteiger partial charge in [0.15, 0.2) is 0 Å². The summed E-state index contributed by atoms with van der Waals surface area (Å²) in [7, 11) is 0. The van der Waals surface area contributed by atoms with E-state index < -0.39 is 0 Å². The van der Waals surface area contributed by atoms with Gasteiger partial charge in [-0.25, -0.2) is 0 Å². The molecule has 3 heteroatoms. The minimum absolute atomic E-state index is 0.240. The Morgan fingerprint density at radius 3 is 2.71 bits per heavy atom. The number of ether oxygens (including phenoxy) is 2. The molecule has 2 aromatic carbocycles. The Labute approximate surface area is 99.2 Å². The lowest BCUT2D eigenvalue weighted by molar-refractivity contribution is 0.265. The van der Waals surface area contributed by atoms with Crippen LogP contribution in [-0.4, -0.2) is 19.3 Å². The first-order valence-corrected chi connectivity index (χ1v) is 5.55. The topological polar surface area (TPSA) is 45.5 Å². The van der Waals surface area contributed by atoms with Gasteiger partial charge in [0.25, 0.3) is 0 Å². The maximum absolute atomic E-state index is 9.04. The van der Waals surface area contributed by atoms with E-state index in [0.717, 1.165) is 23.1 Å². The van der Waals surface area contributed by atoms with E-state index in [4.69, 9.17) is 14.7 Å². The van der Waals surface area contributed by atoms with Gasteiger partial charge >= 0.3 is 0 Å². The van der Waals surface area contributed by atoms with Crippen LogP contribution in [0.2, 0.25) is 0 Å². The predicted molar refractivity (Wildman–Crippen MR) is 63.9 cm³/mol. The summed E-state index contributed by atoms with van der Waals surface area (Å²) in [4.78, 5) is 0. The maximum atomic E-state index is 9.04. The molecule has 1 aliphatic rings. The van der Waals surface area contributed by atoms with Gasteiger partial charge in [-0.05, 0) is 12.1 Å². The standard InChI is InChI=1S/C14H11NO2/c15-7-10-5-6-14(17-9-11-8-16-11)13-4-2-1-3-12(10)13/h1-6,11H,8-9H2. The lowest BCUT2D eigenvalue weighted by Crippen LogP contribution is -2.04. The van der Waals surface area contributed by atoms with Crippen LogP contribution in [0.1, 0.15) is 5.56 Å². The van der Waals surface area contributed by atoms with Gasteiger partial charge in [-0.15, -0.1) is 0 Å². The molecule has 3 nitrogen and oxygen atoms in total. The Morgan fingerprint density at radius 1 is 1.24 bits per heavy atom. The third-order valence-corrected chi connectivity index (χ3v) is 2.83. The zero-order valence-corrected chi connectivity index (χ0v) is 9.22. The van der Waals surface area contributed by atoms with Gasteiger partial charge in [-0.1, -0.05) is 24.3 Å². The van der Waals surface area contributed by atoms with Gasteiger partial charge in [-0.2, -0.15) is 5.26 Å². The van der Waals surface area contributed by atoms with Crippen LogP contribution in [0.15, 0.2) is 36.4 Å². The summed E-state index contributed by atoms with van der Waals surface area (Å²) in [6.45, 7) is 1.37. The zero-order chi connectivity index (χ0) is 11.7. The molecule has 0 bridgehead atoms. The van der Waals surface area contributed by atoms with Crippen molar-refractivity contribution in [3.8, 4) is 11.8 Å². The molecule has 1 saturated heterocycles. The summed E-state index contributed by atoms with van der Waals surface area (Å²) in [5, 5.41) is 11.0. The number of hydrogen-bond donors (Lipinski definition) is 0. The third-order valence-electron chi connectivity index (χ3n) is 2.83. The monoisotopic (exact) mass is 225 g/mol. The number of nitrogens with zero attached hydrogens (tertiary/aromatic N) is 1. The highest BCUT2D eigenvalue weighted by Gasteiger charge is 2.23.